The molecule has 0 fully saturated rings. The van der Waals surface area contributed by atoms with E-state index in [4.69, 9.17) is 10.2 Å². The third-order valence-corrected chi connectivity index (χ3v) is 3.16. The molecule has 1 rings (SSSR count). The molecule has 1 aromatic rings. The summed E-state index contributed by atoms with van der Waals surface area (Å²) >= 11 is 1.64. The number of furan rings is 1. The summed E-state index contributed by atoms with van der Waals surface area (Å²) in [4.78, 5) is 1.69. The second-order valence-corrected chi connectivity index (χ2v) is 5.17. The van der Waals surface area contributed by atoms with Gasteiger partial charge in [0.1, 0.15) is 5.76 Å². The van der Waals surface area contributed by atoms with E-state index in [0.29, 0.717) is 0 Å². The fourth-order valence-corrected chi connectivity index (χ4v) is 1.41. The van der Waals surface area contributed by atoms with E-state index in [1.165, 1.54) is 0 Å². The quantitative estimate of drug-likeness (QED) is 0.778. The highest BCUT2D eigenvalue weighted by atomic mass is 32.2. The van der Waals surface area contributed by atoms with Gasteiger partial charge in [0.15, 0.2) is 5.88 Å². The van der Waals surface area contributed by atoms with E-state index < -0.39 is 0 Å². The van der Waals surface area contributed by atoms with Crippen molar-refractivity contribution in [2.45, 2.75) is 18.2 Å². The van der Waals surface area contributed by atoms with E-state index in [9.17, 15) is 0 Å². The van der Waals surface area contributed by atoms with Gasteiger partial charge >= 0.3 is 0 Å². The van der Waals surface area contributed by atoms with Crippen molar-refractivity contribution in [3.05, 3.63) is 17.9 Å². The molecule has 0 radical (unpaired) electrons. The van der Waals surface area contributed by atoms with Crippen LogP contribution in [0.1, 0.15) is 12.7 Å². The zero-order valence-electron chi connectivity index (χ0n) is 9.20. The Labute approximate surface area is 89.6 Å². The predicted octanol–water partition coefficient (Wildman–Crippen LogP) is 1.93. The topological polar surface area (TPSA) is 42.4 Å². The minimum Gasteiger partial charge on any atom is -0.445 e. The molecule has 0 aliphatic carbocycles. The van der Waals surface area contributed by atoms with Crippen molar-refractivity contribution >= 4 is 17.6 Å². The maximum atomic E-state index is 6.02. The normalized spacial score (nSPS) is 15.2. The van der Waals surface area contributed by atoms with Crippen LogP contribution in [0, 0.1) is 0 Å². The lowest BCUT2D eigenvalue weighted by Gasteiger charge is -2.20. The lowest BCUT2D eigenvalue weighted by Crippen LogP contribution is -2.33. The summed E-state index contributed by atoms with van der Waals surface area (Å²) in [5, 5.41) is 0. The molecule has 0 spiro atoms. The van der Waals surface area contributed by atoms with Crippen molar-refractivity contribution in [2.24, 2.45) is 5.73 Å². The van der Waals surface area contributed by atoms with Crippen LogP contribution < -0.4 is 10.6 Å². The first-order valence-electron chi connectivity index (χ1n) is 4.55. The molecule has 0 aromatic carbocycles. The summed E-state index contributed by atoms with van der Waals surface area (Å²) in [5.74, 6) is 1.81. The molecule has 0 amide bonds. The maximum Gasteiger partial charge on any atom is 0.195 e. The molecular formula is C10H18N2OS. The van der Waals surface area contributed by atoms with E-state index >= 15 is 0 Å². The summed E-state index contributed by atoms with van der Waals surface area (Å²) in [5.41, 5.74) is 6.02. The van der Waals surface area contributed by atoms with Gasteiger partial charge in [0.2, 0.25) is 0 Å². The van der Waals surface area contributed by atoms with Crippen LogP contribution in [0.25, 0.3) is 0 Å². The van der Waals surface area contributed by atoms with Crippen molar-refractivity contribution in [3.8, 4) is 0 Å². The van der Waals surface area contributed by atoms with Crippen LogP contribution in [0.2, 0.25) is 0 Å². The summed E-state index contributed by atoms with van der Waals surface area (Å²) in [6.07, 6.45) is 2.76. The Morgan fingerprint density at radius 1 is 1.50 bits per heavy atom. The molecule has 4 heteroatoms. The molecule has 0 bridgehead atoms. The molecule has 0 aliphatic heterocycles. The van der Waals surface area contributed by atoms with Gasteiger partial charge in [-0.05, 0) is 19.2 Å². The van der Waals surface area contributed by atoms with Crippen LogP contribution in [-0.2, 0) is 6.42 Å². The summed E-state index contributed by atoms with van der Waals surface area (Å²) in [7, 11) is 3.91. The first kappa shape index (κ1) is 11.5. The van der Waals surface area contributed by atoms with Crippen LogP contribution in [0.15, 0.2) is 16.5 Å². The maximum absolute atomic E-state index is 6.02. The molecule has 1 heterocycles. The van der Waals surface area contributed by atoms with E-state index in [-0.39, 0.29) is 4.87 Å². The number of hydrogen-bond acceptors (Lipinski definition) is 4. The van der Waals surface area contributed by atoms with Gasteiger partial charge in [-0.3, -0.25) is 0 Å². The van der Waals surface area contributed by atoms with Gasteiger partial charge in [0.25, 0.3) is 0 Å². The number of anilines is 1. The van der Waals surface area contributed by atoms with Gasteiger partial charge in [-0.15, -0.1) is 11.8 Å². The van der Waals surface area contributed by atoms with Crippen LogP contribution in [-0.4, -0.2) is 25.2 Å². The minimum atomic E-state index is -0.249. The zero-order chi connectivity index (χ0) is 10.8. The third kappa shape index (κ3) is 2.96. The average molecular weight is 214 g/mol. The molecule has 0 saturated heterocycles. The number of rotatable bonds is 4. The second kappa shape index (κ2) is 4.28. The molecular weight excluding hydrogens is 196 g/mol. The molecule has 1 aromatic heterocycles. The monoisotopic (exact) mass is 214 g/mol. The smallest absolute Gasteiger partial charge is 0.195 e. The highest BCUT2D eigenvalue weighted by Gasteiger charge is 2.19. The Hall–Kier alpha value is -0.610. The number of nitrogens with two attached hydrogens (primary N) is 1. The molecule has 1 atom stereocenters. The highest BCUT2D eigenvalue weighted by Crippen LogP contribution is 2.24. The Bertz CT molecular complexity index is 294. The molecule has 0 aliphatic rings. The van der Waals surface area contributed by atoms with Crippen molar-refractivity contribution < 1.29 is 4.42 Å². The van der Waals surface area contributed by atoms with Gasteiger partial charge in [0.05, 0.1) is 4.87 Å². The summed E-state index contributed by atoms with van der Waals surface area (Å²) in [6.45, 7) is 2.01. The van der Waals surface area contributed by atoms with Gasteiger partial charge < -0.3 is 15.1 Å². The predicted molar refractivity (Wildman–Crippen MR) is 62.8 cm³/mol. The van der Waals surface area contributed by atoms with Gasteiger partial charge in [-0.25, -0.2) is 0 Å². The lowest BCUT2D eigenvalue weighted by molar-refractivity contribution is 0.482. The Morgan fingerprint density at radius 2 is 2.14 bits per heavy atom. The first-order valence-corrected chi connectivity index (χ1v) is 5.77. The van der Waals surface area contributed by atoms with Crippen molar-refractivity contribution in [3.63, 3.8) is 0 Å². The third-order valence-electron chi connectivity index (χ3n) is 2.08. The molecule has 2 N–H and O–H groups in total. The lowest BCUT2D eigenvalue weighted by atomic mass is 10.2. The van der Waals surface area contributed by atoms with E-state index in [1.54, 1.807) is 11.8 Å². The zero-order valence-corrected chi connectivity index (χ0v) is 10.0. The summed E-state index contributed by atoms with van der Waals surface area (Å²) in [6, 6.07) is 3.95. The molecule has 1 unspecified atom stereocenters. The summed E-state index contributed by atoms with van der Waals surface area (Å²) < 4.78 is 5.62. The van der Waals surface area contributed by atoms with Crippen molar-refractivity contribution in [1.29, 1.82) is 0 Å². The fraction of sp³-hybridized carbons (Fsp3) is 0.600. The number of hydrogen-bond donors (Lipinski definition) is 1. The van der Waals surface area contributed by atoms with Crippen molar-refractivity contribution in [2.75, 3.05) is 25.3 Å². The molecule has 14 heavy (non-hydrogen) atoms. The molecule has 80 valence electrons. The van der Waals surface area contributed by atoms with Crippen LogP contribution in [0.4, 0.5) is 5.88 Å². The van der Waals surface area contributed by atoms with Gasteiger partial charge in [-0.1, -0.05) is 0 Å². The Kier molecular flexibility index (Phi) is 3.50. The molecule has 0 saturated carbocycles. The van der Waals surface area contributed by atoms with E-state index in [2.05, 4.69) is 0 Å². The molecule has 3 nitrogen and oxygen atoms in total. The van der Waals surface area contributed by atoms with Crippen molar-refractivity contribution in [1.82, 2.24) is 0 Å². The van der Waals surface area contributed by atoms with E-state index in [0.717, 1.165) is 18.1 Å². The number of nitrogens with zero attached hydrogens (tertiary/aromatic N) is 1. The highest BCUT2D eigenvalue weighted by molar-refractivity contribution is 7.99. The largest absolute Gasteiger partial charge is 0.445 e. The van der Waals surface area contributed by atoms with Crippen LogP contribution in [0.3, 0.4) is 0 Å². The fourth-order valence-electron chi connectivity index (χ4n) is 1.12. The first-order chi connectivity index (χ1) is 6.44. The SMILES string of the molecule is CSC(C)(N)Cc1ccc(N(C)C)o1. The Balaban J connectivity index is 2.69. The van der Waals surface area contributed by atoms with Crippen LogP contribution >= 0.6 is 11.8 Å². The number of thioether (sulfide) groups is 1. The Morgan fingerprint density at radius 3 is 2.57 bits per heavy atom. The van der Waals surface area contributed by atoms with Gasteiger partial charge in [0, 0.05) is 26.6 Å². The van der Waals surface area contributed by atoms with Gasteiger partial charge in [-0.2, -0.15) is 0 Å². The standard InChI is InChI=1S/C10H18N2OS/c1-10(11,14-4)7-8-5-6-9(13-8)12(2)3/h5-6H,7,11H2,1-4H3. The average Bonchev–Trinajstić information content (AvgIpc) is 2.52. The van der Waals surface area contributed by atoms with Crippen LogP contribution in [0.5, 0.6) is 0 Å². The second-order valence-electron chi connectivity index (χ2n) is 3.83. The van der Waals surface area contributed by atoms with E-state index in [1.807, 2.05) is 44.3 Å². The minimum absolute atomic E-state index is 0.249.